The van der Waals surface area contributed by atoms with Crippen molar-refractivity contribution in [2.75, 3.05) is 44.9 Å². The largest absolute Gasteiger partial charge is 0.486 e. The predicted molar refractivity (Wildman–Crippen MR) is 132 cm³/mol. The second-order valence-corrected chi connectivity index (χ2v) is 8.28. The highest BCUT2D eigenvalue weighted by Crippen LogP contribution is 2.35. The molecule has 10 nitrogen and oxygen atoms in total. The van der Waals surface area contributed by atoms with Crippen LogP contribution in [0.1, 0.15) is 12.5 Å². The van der Waals surface area contributed by atoms with E-state index in [0.717, 1.165) is 5.56 Å². The summed E-state index contributed by atoms with van der Waals surface area (Å²) >= 11 is 0. The molecule has 5 rings (SSSR count). The fourth-order valence-corrected chi connectivity index (χ4v) is 4.19. The smallest absolute Gasteiger partial charge is 0.414 e. The summed E-state index contributed by atoms with van der Waals surface area (Å²) < 4.78 is 21.9. The molecule has 2 aliphatic rings. The Kier molecular flexibility index (Phi) is 6.57. The lowest BCUT2D eigenvalue weighted by molar-refractivity contribution is -0.126. The van der Waals surface area contributed by atoms with E-state index in [1.165, 1.54) is 6.08 Å². The van der Waals surface area contributed by atoms with Gasteiger partial charge in [0.25, 0.3) is 0 Å². The summed E-state index contributed by atoms with van der Waals surface area (Å²) in [5.74, 6) is 1.52. The van der Waals surface area contributed by atoms with Gasteiger partial charge in [-0.2, -0.15) is 0 Å². The minimum Gasteiger partial charge on any atom is -0.486 e. The molecule has 4 heterocycles. The summed E-state index contributed by atoms with van der Waals surface area (Å²) in [4.78, 5) is 37.5. The molecule has 0 unspecified atom stereocenters. The van der Waals surface area contributed by atoms with E-state index in [0.29, 0.717) is 60.4 Å². The monoisotopic (exact) mass is 490 g/mol. The minimum atomic E-state index is -0.462. The van der Waals surface area contributed by atoms with Crippen molar-refractivity contribution in [1.82, 2.24) is 14.9 Å². The van der Waals surface area contributed by atoms with Crippen LogP contribution in [-0.4, -0.2) is 72.9 Å². The first kappa shape index (κ1) is 23.4. The normalized spacial score (nSPS) is 16.9. The number of ether oxygens (including phenoxy) is 4. The SMILES string of the molecule is CCN(C[C@H]1CN(c2ccc3c(c2)OCCO3)C(=O)O1)C(=O)/C=C/c1ccnc2ccc(OC)nc12. The van der Waals surface area contributed by atoms with Gasteiger partial charge in [0.2, 0.25) is 11.8 Å². The van der Waals surface area contributed by atoms with Gasteiger partial charge < -0.3 is 23.8 Å². The number of methoxy groups -OCH3 is 1. The van der Waals surface area contributed by atoms with Crippen LogP contribution in [0.5, 0.6) is 17.4 Å². The first-order valence-corrected chi connectivity index (χ1v) is 11.7. The maximum atomic E-state index is 13.0. The van der Waals surface area contributed by atoms with Crippen LogP contribution in [-0.2, 0) is 9.53 Å². The Balaban J connectivity index is 1.26. The maximum absolute atomic E-state index is 13.0. The Morgan fingerprint density at radius 3 is 2.83 bits per heavy atom. The third-order valence-corrected chi connectivity index (χ3v) is 6.03. The fraction of sp³-hybridized carbons (Fsp3) is 0.308. The molecule has 1 aromatic carbocycles. The Labute approximate surface area is 208 Å². The number of pyridine rings is 2. The first-order valence-electron chi connectivity index (χ1n) is 11.7. The molecule has 2 aromatic heterocycles. The van der Waals surface area contributed by atoms with Crippen LogP contribution in [0.2, 0.25) is 0 Å². The molecular weight excluding hydrogens is 464 g/mol. The molecule has 1 saturated heterocycles. The molecule has 10 heteroatoms. The molecule has 0 N–H and O–H groups in total. The van der Waals surface area contributed by atoms with Crippen molar-refractivity contribution in [1.29, 1.82) is 0 Å². The number of fused-ring (bicyclic) bond motifs is 2. The van der Waals surface area contributed by atoms with Gasteiger partial charge in [-0.05, 0) is 37.3 Å². The van der Waals surface area contributed by atoms with E-state index in [1.807, 2.05) is 13.0 Å². The number of carbonyl (C=O) groups is 2. The summed E-state index contributed by atoms with van der Waals surface area (Å²) in [5.41, 5.74) is 2.76. The average Bonchev–Trinajstić information content (AvgIpc) is 3.29. The highest BCUT2D eigenvalue weighted by Gasteiger charge is 2.34. The zero-order chi connectivity index (χ0) is 25.1. The van der Waals surface area contributed by atoms with Gasteiger partial charge in [0, 0.05) is 36.5 Å². The Hall–Kier alpha value is -4.34. The molecule has 2 aliphatic heterocycles. The number of nitrogens with zero attached hydrogens (tertiary/aromatic N) is 4. The van der Waals surface area contributed by atoms with E-state index < -0.39 is 12.2 Å². The third-order valence-electron chi connectivity index (χ3n) is 6.03. The number of carbonyl (C=O) groups excluding carboxylic acids is 2. The van der Waals surface area contributed by atoms with E-state index in [1.54, 1.807) is 59.5 Å². The molecule has 186 valence electrons. The second-order valence-electron chi connectivity index (χ2n) is 8.28. The van der Waals surface area contributed by atoms with E-state index in [2.05, 4.69) is 9.97 Å². The number of amides is 2. The summed E-state index contributed by atoms with van der Waals surface area (Å²) in [7, 11) is 1.55. The number of likely N-dealkylation sites (N-methyl/N-ethyl adjacent to an activating group) is 1. The lowest BCUT2D eigenvalue weighted by atomic mass is 10.2. The van der Waals surface area contributed by atoms with Gasteiger partial charge >= 0.3 is 6.09 Å². The summed E-state index contributed by atoms with van der Waals surface area (Å²) in [6, 6.07) is 10.7. The van der Waals surface area contributed by atoms with Crippen molar-refractivity contribution < 1.29 is 28.5 Å². The molecule has 0 radical (unpaired) electrons. The molecule has 0 aliphatic carbocycles. The summed E-state index contributed by atoms with van der Waals surface area (Å²) in [6.07, 6.45) is 3.95. The maximum Gasteiger partial charge on any atom is 0.414 e. The van der Waals surface area contributed by atoms with Gasteiger partial charge in [0.1, 0.15) is 19.3 Å². The lowest BCUT2D eigenvalue weighted by Gasteiger charge is -2.22. The van der Waals surface area contributed by atoms with Crippen molar-refractivity contribution in [2.24, 2.45) is 0 Å². The van der Waals surface area contributed by atoms with Crippen LogP contribution in [0.15, 0.2) is 48.7 Å². The Bertz CT molecular complexity index is 1330. The number of benzene rings is 1. The zero-order valence-electron chi connectivity index (χ0n) is 20.0. The fourth-order valence-electron chi connectivity index (χ4n) is 4.19. The molecule has 0 spiro atoms. The molecule has 0 saturated carbocycles. The minimum absolute atomic E-state index is 0.195. The number of cyclic esters (lactones) is 1. The van der Waals surface area contributed by atoms with Crippen molar-refractivity contribution in [2.45, 2.75) is 13.0 Å². The van der Waals surface area contributed by atoms with E-state index in [4.69, 9.17) is 18.9 Å². The molecule has 1 fully saturated rings. The van der Waals surface area contributed by atoms with E-state index in [-0.39, 0.29) is 12.5 Å². The number of hydrogen-bond donors (Lipinski definition) is 0. The number of aromatic nitrogens is 2. The third kappa shape index (κ3) is 4.74. The quantitative estimate of drug-likeness (QED) is 0.465. The Morgan fingerprint density at radius 1 is 1.19 bits per heavy atom. The molecule has 3 aromatic rings. The average molecular weight is 491 g/mol. The molecule has 36 heavy (non-hydrogen) atoms. The van der Waals surface area contributed by atoms with Gasteiger partial charge in [0.15, 0.2) is 11.5 Å². The van der Waals surface area contributed by atoms with Crippen molar-refractivity contribution >= 4 is 34.8 Å². The number of hydrogen-bond acceptors (Lipinski definition) is 8. The number of anilines is 1. The zero-order valence-corrected chi connectivity index (χ0v) is 20.0. The van der Waals surface area contributed by atoms with Crippen LogP contribution < -0.4 is 19.1 Å². The lowest BCUT2D eigenvalue weighted by Crippen LogP contribution is -2.38. The second kappa shape index (κ2) is 10.1. The summed E-state index contributed by atoms with van der Waals surface area (Å²) in [6.45, 7) is 3.90. The highest BCUT2D eigenvalue weighted by molar-refractivity contribution is 5.95. The van der Waals surface area contributed by atoms with Crippen LogP contribution >= 0.6 is 0 Å². The van der Waals surface area contributed by atoms with Crippen molar-refractivity contribution in [3.8, 4) is 17.4 Å². The molecule has 1 atom stereocenters. The van der Waals surface area contributed by atoms with Gasteiger partial charge in [-0.25, -0.2) is 9.78 Å². The van der Waals surface area contributed by atoms with Crippen molar-refractivity contribution in [3.63, 3.8) is 0 Å². The topological polar surface area (TPSA) is 103 Å². The summed E-state index contributed by atoms with van der Waals surface area (Å²) in [5, 5.41) is 0. The molecule has 2 amide bonds. The van der Waals surface area contributed by atoms with Crippen LogP contribution in [0, 0.1) is 0 Å². The van der Waals surface area contributed by atoms with Gasteiger partial charge in [-0.3, -0.25) is 14.7 Å². The van der Waals surface area contributed by atoms with Gasteiger partial charge in [-0.1, -0.05) is 0 Å². The van der Waals surface area contributed by atoms with Crippen LogP contribution in [0.3, 0.4) is 0 Å². The van der Waals surface area contributed by atoms with Gasteiger partial charge in [-0.15, -0.1) is 0 Å². The van der Waals surface area contributed by atoms with E-state index >= 15 is 0 Å². The van der Waals surface area contributed by atoms with Gasteiger partial charge in [0.05, 0.1) is 36.9 Å². The molecule has 0 bridgehead atoms. The van der Waals surface area contributed by atoms with E-state index in [9.17, 15) is 9.59 Å². The van der Waals surface area contributed by atoms with Crippen LogP contribution in [0.4, 0.5) is 10.5 Å². The molecular formula is C26H26N4O6. The predicted octanol–water partition coefficient (Wildman–Crippen LogP) is 3.30. The van der Waals surface area contributed by atoms with Crippen molar-refractivity contribution in [3.05, 3.63) is 54.2 Å². The Morgan fingerprint density at radius 2 is 2.03 bits per heavy atom. The highest BCUT2D eigenvalue weighted by atomic mass is 16.6. The number of rotatable bonds is 7. The first-order chi connectivity index (χ1) is 17.6. The van der Waals surface area contributed by atoms with Crippen LogP contribution in [0.25, 0.3) is 17.1 Å². The standard InChI is InChI=1S/C26H26N4O6/c1-3-29(24(31)9-4-17-10-11-27-20-6-8-23(33-2)28-25(17)20)15-19-16-30(26(32)36-19)18-5-7-21-22(14-18)35-13-12-34-21/h4-11,14,19H,3,12-13,15-16H2,1-2H3/b9-4+/t19-/m0/s1.